The first-order chi connectivity index (χ1) is 9.03. The summed E-state index contributed by atoms with van der Waals surface area (Å²) in [5.41, 5.74) is 0.300. The molecule has 0 saturated carbocycles. The Labute approximate surface area is 110 Å². The van der Waals surface area contributed by atoms with E-state index in [0.717, 1.165) is 6.07 Å². The fourth-order valence-corrected chi connectivity index (χ4v) is 2.67. The van der Waals surface area contributed by atoms with Gasteiger partial charge in [0, 0.05) is 0 Å². The maximum atomic E-state index is 13.1. The maximum absolute atomic E-state index is 13.1. The third-order valence-electron chi connectivity index (χ3n) is 2.46. The van der Waals surface area contributed by atoms with Crippen molar-refractivity contribution in [3.05, 3.63) is 54.3 Å². The molecule has 0 aliphatic heterocycles. The summed E-state index contributed by atoms with van der Waals surface area (Å²) < 4.78 is 44.7. The van der Waals surface area contributed by atoms with Gasteiger partial charge in [-0.15, -0.1) is 0 Å². The summed E-state index contributed by atoms with van der Waals surface area (Å²) in [6.07, 6.45) is 0. The Bertz CT molecular complexity index is 686. The topological polar surface area (TPSA) is 55.4 Å². The molecule has 1 N–H and O–H groups in total. The number of rotatable bonds is 4. The molecule has 0 fully saturated rings. The highest BCUT2D eigenvalue weighted by molar-refractivity contribution is 7.92. The zero-order chi connectivity index (χ0) is 13.9. The van der Waals surface area contributed by atoms with Crippen LogP contribution in [0.4, 0.5) is 10.1 Å². The normalized spacial score (nSPS) is 11.1. The third-order valence-corrected chi connectivity index (χ3v) is 3.82. The van der Waals surface area contributed by atoms with Crippen LogP contribution in [-0.2, 0) is 10.0 Å². The van der Waals surface area contributed by atoms with Crippen LogP contribution in [0.3, 0.4) is 0 Å². The average molecular weight is 281 g/mol. The van der Waals surface area contributed by atoms with Crippen molar-refractivity contribution < 1.29 is 17.5 Å². The smallest absolute Gasteiger partial charge is 0.262 e. The van der Waals surface area contributed by atoms with Gasteiger partial charge < -0.3 is 4.74 Å². The van der Waals surface area contributed by atoms with E-state index >= 15 is 0 Å². The highest BCUT2D eigenvalue weighted by atomic mass is 32.2. The Kier molecular flexibility index (Phi) is 3.71. The molecule has 0 heterocycles. The molecule has 0 radical (unpaired) electrons. The summed E-state index contributed by atoms with van der Waals surface area (Å²) >= 11 is 0. The Morgan fingerprint density at radius 2 is 1.84 bits per heavy atom. The molecule has 6 heteroatoms. The highest BCUT2D eigenvalue weighted by Crippen LogP contribution is 2.26. The largest absolute Gasteiger partial charge is 0.495 e. The number of para-hydroxylation sites is 2. The Morgan fingerprint density at radius 1 is 1.11 bits per heavy atom. The molecule has 0 bridgehead atoms. The van der Waals surface area contributed by atoms with Crippen molar-refractivity contribution in [1.29, 1.82) is 0 Å². The van der Waals surface area contributed by atoms with Crippen LogP contribution < -0.4 is 9.46 Å². The predicted molar refractivity (Wildman–Crippen MR) is 70.2 cm³/mol. The second kappa shape index (κ2) is 5.27. The molecule has 0 aliphatic rings. The molecule has 0 aromatic heterocycles. The lowest BCUT2D eigenvalue weighted by atomic mass is 10.3. The second-order valence-electron chi connectivity index (χ2n) is 3.76. The van der Waals surface area contributed by atoms with Gasteiger partial charge in [0.2, 0.25) is 0 Å². The zero-order valence-corrected chi connectivity index (χ0v) is 10.9. The number of anilines is 1. The Morgan fingerprint density at radius 3 is 2.53 bits per heavy atom. The molecular formula is C13H12FNO3S. The molecule has 4 nitrogen and oxygen atoms in total. The van der Waals surface area contributed by atoms with Crippen molar-refractivity contribution in [1.82, 2.24) is 0 Å². The number of hydrogen-bond donors (Lipinski definition) is 1. The Balaban J connectivity index is 2.37. The van der Waals surface area contributed by atoms with Gasteiger partial charge in [-0.3, -0.25) is 4.72 Å². The fourth-order valence-electron chi connectivity index (χ4n) is 1.57. The van der Waals surface area contributed by atoms with E-state index in [1.165, 1.54) is 25.3 Å². The van der Waals surface area contributed by atoms with Gasteiger partial charge in [-0.05, 0) is 30.3 Å². The van der Waals surface area contributed by atoms with E-state index in [1.54, 1.807) is 24.3 Å². The maximum Gasteiger partial charge on any atom is 0.262 e. The first-order valence-corrected chi connectivity index (χ1v) is 6.92. The van der Waals surface area contributed by atoms with E-state index in [4.69, 9.17) is 4.74 Å². The van der Waals surface area contributed by atoms with Crippen LogP contribution in [-0.4, -0.2) is 15.5 Å². The van der Waals surface area contributed by atoms with E-state index in [0.29, 0.717) is 11.4 Å². The van der Waals surface area contributed by atoms with Crippen molar-refractivity contribution in [3.8, 4) is 5.75 Å². The third kappa shape index (κ3) is 3.03. The van der Waals surface area contributed by atoms with Crippen LogP contribution >= 0.6 is 0 Å². The van der Waals surface area contributed by atoms with E-state index in [1.807, 2.05) is 0 Å². The molecule has 0 unspecified atom stereocenters. The molecule has 0 saturated heterocycles. The first kappa shape index (κ1) is 13.4. The molecule has 19 heavy (non-hydrogen) atoms. The van der Waals surface area contributed by atoms with Crippen molar-refractivity contribution in [2.24, 2.45) is 0 Å². The summed E-state index contributed by atoms with van der Waals surface area (Å²) in [4.78, 5) is -0.140. The van der Waals surface area contributed by atoms with Gasteiger partial charge in [0.25, 0.3) is 10.0 Å². The van der Waals surface area contributed by atoms with Gasteiger partial charge in [0.05, 0.1) is 17.7 Å². The number of hydrogen-bond acceptors (Lipinski definition) is 3. The number of methoxy groups -OCH3 is 1. The molecule has 0 amide bonds. The summed E-state index contributed by atoms with van der Waals surface area (Å²) in [5, 5.41) is 0. The summed E-state index contributed by atoms with van der Waals surface area (Å²) in [7, 11) is -2.40. The molecule has 2 rings (SSSR count). The van der Waals surface area contributed by atoms with E-state index < -0.39 is 15.8 Å². The molecule has 2 aromatic rings. The lowest BCUT2D eigenvalue weighted by molar-refractivity contribution is 0.417. The summed E-state index contributed by atoms with van der Waals surface area (Å²) in [6.45, 7) is 0. The second-order valence-corrected chi connectivity index (χ2v) is 5.45. The fraction of sp³-hybridized carbons (Fsp3) is 0.0769. The quantitative estimate of drug-likeness (QED) is 0.937. The van der Waals surface area contributed by atoms with E-state index in [2.05, 4.69) is 4.72 Å². The van der Waals surface area contributed by atoms with E-state index in [-0.39, 0.29) is 4.90 Å². The van der Waals surface area contributed by atoms with Crippen molar-refractivity contribution in [2.45, 2.75) is 4.90 Å². The van der Waals surface area contributed by atoms with E-state index in [9.17, 15) is 12.8 Å². The molecule has 0 spiro atoms. The minimum absolute atomic E-state index is 0.140. The minimum atomic E-state index is -3.84. The molecule has 0 aliphatic carbocycles. The first-order valence-electron chi connectivity index (χ1n) is 5.44. The van der Waals surface area contributed by atoms with Crippen LogP contribution in [0.2, 0.25) is 0 Å². The number of sulfonamides is 1. The number of ether oxygens (including phenoxy) is 1. The number of nitrogens with one attached hydrogen (secondary N) is 1. The van der Waals surface area contributed by atoms with Gasteiger partial charge in [0.1, 0.15) is 11.6 Å². The lowest BCUT2D eigenvalue weighted by Crippen LogP contribution is -2.13. The summed E-state index contributed by atoms with van der Waals surface area (Å²) in [6, 6.07) is 11.4. The monoisotopic (exact) mass is 281 g/mol. The highest BCUT2D eigenvalue weighted by Gasteiger charge is 2.16. The molecule has 0 atom stereocenters. The lowest BCUT2D eigenvalue weighted by Gasteiger charge is -2.11. The average Bonchev–Trinajstić information content (AvgIpc) is 2.39. The summed E-state index contributed by atoms with van der Waals surface area (Å²) in [5.74, 6) is -0.217. The van der Waals surface area contributed by atoms with Crippen LogP contribution in [0.15, 0.2) is 53.4 Å². The van der Waals surface area contributed by atoms with Crippen LogP contribution in [0.1, 0.15) is 0 Å². The zero-order valence-electron chi connectivity index (χ0n) is 10.1. The van der Waals surface area contributed by atoms with Crippen molar-refractivity contribution in [2.75, 3.05) is 11.8 Å². The minimum Gasteiger partial charge on any atom is -0.495 e. The predicted octanol–water partition coefficient (Wildman–Crippen LogP) is 2.64. The van der Waals surface area contributed by atoms with Gasteiger partial charge in [-0.25, -0.2) is 12.8 Å². The molecular weight excluding hydrogens is 269 g/mol. The molecule has 2 aromatic carbocycles. The van der Waals surface area contributed by atoms with Crippen molar-refractivity contribution in [3.63, 3.8) is 0 Å². The molecule has 100 valence electrons. The van der Waals surface area contributed by atoms with Crippen molar-refractivity contribution >= 4 is 15.7 Å². The van der Waals surface area contributed by atoms with Crippen LogP contribution in [0.25, 0.3) is 0 Å². The Hall–Kier alpha value is -2.08. The van der Waals surface area contributed by atoms with Crippen LogP contribution in [0, 0.1) is 5.82 Å². The SMILES string of the molecule is COc1ccccc1NS(=O)(=O)c1cccc(F)c1. The van der Waals surface area contributed by atoms with Gasteiger partial charge in [-0.1, -0.05) is 18.2 Å². The van der Waals surface area contributed by atoms with Gasteiger partial charge in [-0.2, -0.15) is 0 Å². The van der Waals surface area contributed by atoms with Gasteiger partial charge in [0.15, 0.2) is 0 Å². The van der Waals surface area contributed by atoms with Gasteiger partial charge >= 0.3 is 0 Å². The van der Waals surface area contributed by atoms with Crippen LogP contribution in [0.5, 0.6) is 5.75 Å². The standard InChI is InChI=1S/C13H12FNO3S/c1-18-13-8-3-2-7-12(13)15-19(16,17)11-6-4-5-10(14)9-11/h2-9,15H,1H3. The number of benzene rings is 2. The number of halogens is 1.